The fourth-order valence-electron chi connectivity index (χ4n) is 1.97. The molecule has 1 N–H and O–H groups in total. The molecule has 0 unspecified atom stereocenters. The summed E-state index contributed by atoms with van der Waals surface area (Å²) in [5.41, 5.74) is 1.31. The number of aryl methyl sites for hydroxylation is 2. The molecule has 1 saturated carbocycles. The quantitative estimate of drug-likeness (QED) is 0.865. The zero-order valence-corrected chi connectivity index (χ0v) is 10.6. The van der Waals surface area contributed by atoms with Crippen molar-refractivity contribution in [2.45, 2.75) is 32.6 Å². The summed E-state index contributed by atoms with van der Waals surface area (Å²) in [6.07, 6.45) is 2.50. The van der Waals surface area contributed by atoms with Gasteiger partial charge < -0.3 is 5.32 Å². The molecular formula is C12H15N3S. The van der Waals surface area contributed by atoms with Crippen molar-refractivity contribution < 1.29 is 0 Å². The van der Waals surface area contributed by atoms with E-state index in [4.69, 9.17) is 4.98 Å². The summed E-state index contributed by atoms with van der Waals surface area (Å²) in [7, 11) is 1.94. The van der Waals surface area contributed by atoms with Crippen LogP contribution in [0.4, 0.5) is 5.82 Å². The Hall–Kier alpha value is -1.16. The fourth-order valence-corrected chi connectivity index (χ4v) is 3.01. The van der Waals surface area contributed by atoms with E-state index in [0.29, 0.717) is 5.92 Å². The first-order valence-corrected chi connectivity index (χ1v) is 6.47. The predicted octanol–water partition coefficient (Wildman–Crippen LogP) is 3.23. The summed E-state index contributed by atoms with van der Waals surface area (Å²) in [5.74, 6) is 2.63. The van der Waals surface area contributed by atoms with Crippen LogP contribution in [0.15, 0.2) is 0 Å². The molecule has 4 heteroatoms. The molecule has 0 aromatic carbocycles. The van der Waals surface area contributed by atoms with Gasteiger partial charge in [0.15, 0.2) is 0 Å². The molecule has 1 fully saturated rings. The summed E-state index contributed by atoms with van der Waals surface area (Å²) in [6, 6.07) is 0. The molecule has 1 aliphatic rings. The Labute approximate surface area is 98.9 Å². The Morgan fingerprint density at radius 1 is 1.25 bits per heavy atom. The van der Waals surface area contributed by atoms with Gasteiger partial charge in [0.2, 0.25) is 0 Å². The summed E-state index contributed by atoms with van der Waals surface area (Å²) < 4.78 is 0. The lowest BCUT2D eigenvalue weighted by atomic mass is 10.2. The molecule has 3 nitrogen and oxygen atoms in total. The number of fused-ring (bicyclic) bond motifs is 1. The maximum absolute atomic E-state index is 4.69. The third-order valence-electron chi connectivity index (χ3n) is 3.23. The first kappa shape index (κ1) is 10.0. The van der Waals surface area contributed by atoms with E-state index in [1.807, 2.05) is 7.05 Å². The fraction of sp³-hybridized carbons (Fsp3) is 0.500. The summed E-state index contributed by atoms with van der Waals surface area (Å²) >= 11 is 1.78. The first-order valence-electron chi connectivity index (χ1n) is 5.66. The van der Waals surface area contributed by atoms with Gasteiger partial charge >= 0.3 is 0 Å². The zero-order valence-electron chi connectivity index (χ0n) is 9.79. The van der Waals surface area contributed by atoms with E-state index in [0.717, 1.165) is 16.5 Å². The highest BCUT2D eigenvalue weighted by atomic mass is 32.1. The lowest BCUT2D eigenvalue weighted by Crippen LogP contribution is -1.99. The summed E-state index contributed by atoms with van der Waals surface area (Å²) in [5, 5.41) is 4.41. The monoisotopic (exact) mass is 233 g/mol. The topological polar surface area (TPSA) is 37.8 Å². The molecule has 0 saturated heterocycles. The van der Waals surface area contributed by atoms with E-state index < -0.39 is 0 Å². The van der Waals surface area contributed by atoms with Crippen molar-refractivity contribution in [2.24, 2.45) is 0 Å². The van der Waals surface area contributed by atoms with Crippen LogP contribution in [-0.4, -0.2) is 17.0 Å². The number of rotatable bonds is 2. The molecule has 0 bridgehead atoms. The highest BCUT2D eigenvalue weighted by molar-refractivity contribution is 7.18. The van der Waals surface area contributed by atoms with Crippen LogP contribution >= 0.6 is 11.3 Å². The van der Waals surface area contributed by atoms with Gasteiger partial charge in [0.1, 0.15) is 16.5 Å². The van der Waals surface area contributed by atoms with Gasteiger partial charge in [0.05, 0.1) is 5.39 Å². The molecule has 84 valence electrons. The minimum atomic E-state index is 0.610. The Bertz CT molecular complexity index is 555. The SMILES string of the molecule is CNc1nc(C2CC2)nc2sc(C)c(C)c12. The molecular weight excluding hydrogens is 218 g/mol. The van der Waals surface area contributed by atoms with Crippen LogP contribution < -0.4 is 5.32 Å². The van der Waals surface area contributed by atoms with E-state index in [9.17, 15) is 0 Å². The van der Waals surface area contributed by atoms with Crippen molar-refractivity contribution >= 4 is 27.4 Å². The number of aromatic nitrogens is 2. The van der Waals surface area contributed by atoms with Gasteiger partial charge in [-0.05, 0) is 32.3 Å². The van der Waals surface area contributed by atoms with Crippen LogP contribution in [0.3, 0.4) is 0 Å². The van der Waals surface area contributed by atoms with Crippen molar-refractivity contribution in [3.63, 3.8) is 0 Å². The molecule has 0 spiro atoms. The number of anilines is 1. The normalized spacial score (nSPS) is 15.7. The number of hydrogen-bond acceptors (Lipinski definition) is 4. The second-order valence-electron chi connectivity index (χ2n) is 4.42. The first-order chi connectivity index (χ1) is 7.70. The molecule has 1 aliphatic carbocycles. The number of nitrogens with zero attached hydrogens (tertiary/aromatic N) is 2. The molecule has 0 amide bonds. The molecule has 0 radical (unpaired) electrons. The second kappa shape index (κ2) is 3.42. The lowest BCUT2D eigenvalue weighted by molar-refractivity contribution is 0.952. The third-order valence-corrected chi connectivity index (χ3v) is 4.33. The van der Waals surface area contributed by atoms with Crippen LogP contribution in [0, 0.1) is 13.8 Å². The van der Waals surface area contributed by atoms with Crippen LogP contribution in [0.5, 0.6) is 0 Å². The smallest absolute Gasteiger partial charge is 0.138 e. The molecule has 0 aliphatic heterocycles. The van der Waals surface area contributed by atoms with Crippen LogP contribution in [-0.2, 0) is 0 Å². The van der Waals surface area contributed by atoms with Gasteiger partial charge in [0, 0.05) is 17.8 Å². The van der Waals surface area contributed by atoms with Gasteiger partial charge in [-0.25, -0.2) is 9.97 Å². The maximum Gasteiger partial charge on any atom is 0.138 e. The van der Waals surface area contributed by atoms with Crippen molar-refractivity contribution in [1.29, 1.82) is 0 Å². The Kier molecular flexibility index (Phi) is 2.14. The lowest BCUT2D eigenvalue weighted by Gasteiger charge is -2.05. The van der Waals surface area contributed by atoms with Crippen molar-refractivity contribution in [1.82, 2.24) is 9.97 Å². The predicted molar refractivity (Wildman–Crippen MR) is 68.4 cm³/mol. The Morgan fingerprint density at radius 3 is 2.62 bits per heavy atom. The molecule has 3 rings (SSSR count). The Balaban J connectivity index is 2.29. The molecule has 2 aromatic rings. The van der Waals surface area contributed by atoms with Gasteiger partial charge in [0.25, 0.3) is 0 Å². The van der Waals surface area contributed by atoms with E-state index in [2.05, 4.69) is 24.1 Å². The average Bonchev–Trinajstić information content (AvgIpc) is 3.07. The van der Waals surface area contributed by atoms with E-state index in [-0.39, 0.29) is 0 Å². The van der Waals surface area contributed by atoms with E-state index in [1.165, 1.54) is 28.7 Å². The summed E-state index contributed by atoms with van der Waals surface area (Å²) in [4.78, 5) is 11.8. The van der Waals surface area contributed by atoms with Crippen molar-refractivity contribution in [3.05, 3.63) is 16.3 Å². The molecule has 16 heavy (non-hydrogen) atoms. The number of nitrogens with one attached hydrogen (secondary N) is 1. The largest absolute Gasteiger partial charge is 0.372 e. The van der Waals surface area contributed by atoms with Crippen LogP contribution in [0.25, 0.3) is 10.2 Å². The van der Waals surface area contributed by atoms with Crippen LogP contribution in [0.1, 0.15) is 35.0 Å². The third kappa shape index (κ3) is 1.40. The van der Waals surface area contributed by atoms with Crippen molar-refractivity contribution in [3.8, 4) is 0 Å². The van der Waals surface area contributed by atoms with Gasteiger partial charge in [-0.3, -0.25) is 0 Å². The second-order valence-corrected chi connectivity index (χ2v) is 5.62. The minimum Gasteiger partial charge on any atom is -0.372 e. The number of hydrogen-bond donors (Lipinski definition) is 1. The van der Waals surface area contributed by atoms with Crippen molar-refractivity contribution in [2.75, 3.05) is 12.4 Å². The molecule has 0 atom stereocenters. The average molecular weight is 233 g/mol. The van der Waals surface area contributed by atoms with Gasteiger partial charge in [-0.15, -0.1) is 11.3 Å². The van der Waals surface area contributed by atoms with Gasteiger partial charge in [-0.1, -0.05) is 0 Å². The highest BCUT2D eigenvalue weighted by Gasteiger charge is 2.28. The van der Waals surface area contributed by atoms with Gasteiger partial charge in [-0.2, -0.15) is 0 Å². The minimum absolute atomic E-state index is 0.610. The number of thiophene rings is 1. The summed E-state index contributed by atoms with van der Waals surface area (Å²) in [6.45, 7) is 4.30. The molecule has 2 aromatic heterocycles. The van der Waals surface area contributed by atoms with Crippen LogP contribution in [0.2, 0.25) is 0 Å². The standard InChI is InChI=1S/C12H15N3S/c1-6-7(2)16-12-9(6)11(13-3)14-10(15-12)8-4-5-8/h8H,4-5H2,1-3H3,(H,13,14,15). The maximum atomic E-state index is 4.69. The highest BCUT2D eigenvalue weighted by Crippen LogP contribution is 2.41. The van der Waals surface area contributed by atoms with E-state index in [1.54, 1.807) is 11.3 Å². The zero-order chi connectivity index (χ0) is 11.3. The molecule has 2 heterocycles. The Morgan fingerprint density at radius 2 is 2.00 bits per heavy atom. The van der Waals surface area contributed by atoms with E-state index >= 15 is 0 Å².